The van der Waals surface area contributed by atoms with Crippen molar-refractivity contribution in [2.45, 2.75) is 81.5 Å². The zero-order chi connectivity index (χ0) is 19.6. The second-order valence-corrected chi connectivity index (χ2v) is 9.68. The van der Waals surface area contributed by atoms with Crippen LogP contribution in [-0.4, -0.2) is 31.6 Å². The minimum atomic E-state index is -6.15. The lowest BCUT2D eigenvalue weighted by atomic mass is 9.49. The molecule has 0 aromatic rings. The van der Waals surface area contributed by atoms with Crippen LogP contribution in [0.2, 0.25) is 0 Å². The summed E-state index contributed by atoms with van der Waals surface area (Å²) in [4.78, 5) is 0. The van der Waals surface area contributed by atoms with Crippen molar-refractivity contribution in [3.63, 3.8) is 0 Å². The van der Waals surface area contributed by atoms with Gasteiger partial charge in [-0.1, -0.05) is 19.8 Å². The largest absolute Gasteiger partial charge is 0.523 e. The summed E-state index contributed by atoms with van der Waals surface area (Å²) in [6, 6.07) is 0. The summed E-state index contributed by atoms with van der Waals surface area (Å²) >= 11 is 0. The maximum absolute atomic E-state index is 15.0. The van der Waals surface area contributed by atoms with Crippen LogP contribution >= 0.6 is 0 Å². The number of fused-ring (bicyclic) bond motifs is 3. The minimum Gasteiger partial charge on any atom is -0.253 e. The third-order valence-electron chi connectivity index (χ3n) is 6.79. The number of rotatable bonds is 3. The monoisotopic (exact) mass is 408 g/mol. The van der Waals surface area contributed by atoms with Crippen molar-refractivity contribution in [3.8, 4) is 0 Å². The molecule has 0 aliphatic heterocycles. The maximum atomic E-state index is 15.0. The third kappa shape index (κ3) is 2.77. The SMILES string of the molecule is CC1CCC(C23CCC(OS(=O)(=O)C(F)(F)F)(CC2)C(F)C3(F)F)CC1. The highest BCUT2D eigenvalue weighted by Crippen LogP contribution is 2.67. The van der Waals surface area contributed by atoms with Crippen molar-refractivity contribution in [2.75, 3.05) is 0 Å². The second kappa shape index (κ2) is 5.99. The summed E-state index contributed by atoms with van der Waals surface area (Å²) in [5, 5.41) is 0. The van der Waals surface area contributed by atoms with E-state index in [1.165, 1.54) is 0 Å². The predicted molar refractivity (Wildman–Crippen MR) is 80.7 cm³/mol. The van der Waals surface area contributed by atoms with Gasteiger partial charge >= 0.3 is 15.6 Å². The summed E-state index contributed by atoms with van der Waals surface area (Å²) in [7, 11) is -6.15. The van der Waals surface area contributed by atoms with Crippen molar-refractivity contribution in [1.29, 1.82) is 0 Å². The summed E-state index contributed by atoms with van der Waals surface area (Å²) in [6.45, 7) is 2.02. The molecule has 4 rings (SSSR count). The summed E-state index contributed by atoms with van der Waals surface area (Å²) in [5.41, 5.74) is -10.0. The fourth-order valence-electron chi connectivity index (χ4n) is 5.17. The molecule has 4 fully saturated rings. The van der Waals surface area contributed by atoms with Crippen LogP contribution < -0.4 is 0 Å². The highest BCUT2D eigenvalue weighted by atomic mass is 32.2. The Morgan fingerprint density at radius 2 is 1.46 bits per heavy atom. The average molecular weight is 408 g/mol. The Morgan fingerprint density at radius 1 is 0.962 bits per heavy atom. The zero-order valence-electron chi connectivity index (χ0n) is 14.3. The molecule has 3 nitrogen and oxygen atoms in total. The molecule has 4 saturated carbocycles. The molecule has 26 heavy (non-hydrogen) atoms. The fourth-order valence-corrected chi connectivity index (χ4v) is 5.96. The molecular formula is C16H22F6O3S. The van der Waals surface area contributed by atoms with Gasteiger partial charge in [0.25, 0.3) is 5.92 Å². The van der Waals surface area contributed by atoms with Crippen LogP contribution in [0.15, 0.2) is 0 Å². The van der Waals surface area contributed by atoms with Gasteiger partial charge in [0.2, 0.25) is 0 Å². The second-order valence-electron chi connectivity index (χ2n) is 8.15. The van der Waals surface area contributed by atoms with Crippen LogP contribution in [-0.2, 0) is 14.3 Å². The third-order valence-corrected chi connectivity index (χ3v) is 7.91. The minimum absolute atomic E-state index is 0.229. The van der Waals surface area contributed by atoms with Gasteiger partial charge in [-0.05, 0) is 50.4 Å². The molecular weight excluding hydrogens is 386 g/mol. The topological polar surface area (TPSA) is 43.4 Å². The lowest BCUT2D eigenvalue weighted by molar-refractivity contribution is -0.300. The lowest BCUT2D eigenvalue weighted by Gasteiger charge is -2.61. The molecule has 4 aliphatic carbocycles. The molecule has 0 heterocycles. The van der Waals surface area contributed by atoms with E-state index in [1.54, 1.807) is 0 Å². The van der Waals surface area contributed by atoms with Crippen molar-refractivity contribution in [3.05, 3.63) is 0 Å². The van der Waals surface area contributed by atoms with Crippen LogP contribution in [0.25, 0.3) is 0 Å². The van der Waals surface area contributed by atoms with E-state index in [2.05, 4.69) is 4.18 Å². The van der Waals surface area contributed by atoms with E-state index in [9.17, 15) is 26.0 Å². The number of hydrogen-bond donors (Lipinski definition) is 0. The first kappa shape index (κ1) is 20.2. The maximum Gasteiger partial charge on any atom is 0.523 e. The highest BCUT2D eigenvalue weighted by molar-refractivity contribution is 7.87. The number of alkyl halides is 6. The molecule has 0 saturated heterocycles. The normalized spacial score (nSPS) is 43.4. The van der Waals surface area contributed by atoms with Crippen LogP contribution in [0, 0.1) is 17.3 Å². The van der Waals surface area contributed by atoms with Gasteiger partial charge in [0.15, 0.2) is 6.17 Å². The van der Waals surface area contributed by atoms with Crippen molar-refractivity contribution in [2.24, 2.45) is 17.3 Å². The van der Waals surface area contributed by atoms with Crippen molar-refractivity contribution in [1.82, 2.24) is 0 Å². The molecule has 4 aliphatic rings. The van der Waals surface area contributed by atoms with Gasteiger partial charge < -0.3 is 0 Å². The zero-order valence-corrected chi connectivity index (χ0v) is 15.1. The van der Waals surface area contributed by atoms with E-state index >= 15 is 8.78 Å². The Bertz CT molecular complexity index is 643. The molecule has 0 radical (unpaired) electrons. The molecule has 0 aromatic carbocycles. The Morgan fingerprint density at radius 3 is 1.92 bits per heavy atom. The van der Waals surface area contributed by atoms with Crippen LogP contribution in [0.1, 0.15) is 58.3 Å². The van der Waals surface area contributed by atoms with Crippen molar-refractivity contribution >= 4 is 10.1 Å². The van der Waals surface area contributed by atoms with E-state index in [4.69, 9.17) is 0 Å². The quantitative estimate of drug-likeness (QED) is 0.376. The molecule has 152 valence electrons. The van der Waals surface area contributed by atoms with E-state index in [0.717, 1.165) is 12.8 Å². The molecule has 0 amide bonds. The Kier molecular flexibility index (Phi) is 4.66. The summed E-state index contributed by atoms with van der Waals surface area (Å²) < 4.78 is 109. The van der Waals surface area contributed by atoms with Gasteiger partial charge in [-0.2, -0.15) is 21.6 Å². The van der Waals surface area contributed by atoms with Crippen LogP contribution in [0.3, 0.4) is 0 Å². The van der Waals surface area contributed by atoms with E-state index < -0.39 is 57.5 Å². The molecule has 10 heteroatoms. The van der Waals surface area contributed by atoms with Gasteiger partial charge in [-0.3, -0.25) is 4.18 Å². The molecule has 0 spiro atoms. The Hall–Kier alpha value is -0.510. The van der Waals surface area contributed by atoms with Crippen LogP contribution in [0.4, 0.5) is 26.3 Å². The smallest absolute Gasteiger partial charge is 0.253 e. The fraction of sp³-hybridized carbons (Fsp3) is 1.00. The van der Waals surface area contributed by atoms with Crippen LogP contribution in [0.5, 0.6) is 0 Å². The highest BCUT2D eigenvalue weighted by Gasteiger charge is 2.75. The standard InChI is InChI=1S/C16H22F6O3S/c1-10-2-4-11(5-3-10)13-6-8-14(9-7-13,12(17)15(13,18)19)25-26(23,24)16(20,21)22/h10-12H,2-9H2,1H3. The van der Waals surface area contributed by atoms with E-state index in [1.807, 2.05) is 6.92 Å². The van der Waals surface area contributed by atoms with E-state index in [-0.39, 0.29) is 12.8 Å². The molecule has 0 aromatic heterocycles. The first-order valence-electron chi connectivity index (χ1n) is 8.81. The first-order valence-corrected chi connectivity index (χ1v) is 10.2. The van der Waals surface area contributed by atoms with Crippen molar-refractivity contribution < 1.29 is 38.9 Å². The Labute approximate surface area is 148 Å². The molecule has 1 unspecified atom stereocenters. The van der Waals surface area contributed by atoms with E-state index in [0.29, 0.717) is 18.8 Å². The Balaban J connectivity index is 1.90. The number of hydrogen-bond acceptors (Lipinski definition) is 3. The van der Waals surface area contributed by atoms with Gasteiger partial charge in [0.1, 0.15) is 5.60 Å². The molecule has 0 N–H and O–H groups in total. The predicted octanol–water partition coefficient (Wildman–Crippen LogP) is 4.97. The molecule has 1 atom stereocenters. The number of halogens is 6. The van der Waals surface area contributed by atoms with Gasteiger partial charge in [0, 0.05) is 5.41 Å². The van der Waals surface area contributed by atoms with Gasteiger partial charge in [-0.15, -0.1) is 0 Å². The lowest BCUT2D eigenvalue weighted by Crippen LogP contribution is -2.70. The summed E-state index contributed by atoms with van der Waals surface area (Å²) in [6.07, 6.45) is -1.88. The first-order chi connectivity index (χ1) is 11.8. The average Bonchev–Trinajstić information content (AvgIpc) is 2.53. The molecule has 2 bridgehead atoms. The van der Waals surface area contributed by atoms with Gasteiger partial charge in [-0.25, -0.2) is 13.2 Å². The van der Waals surface area contributed by atoms with Gasteiger partial charge in [0.05, 0.1) is 0 Å². The summed E-state index contributed by atoms with van der Waals surface area (Å²) in [5.74, 6) is -3.93.